The molecule has 0 saturated heterocycles. The van der Waals surface area contributed by atoms with Crippen LogP contribution in [0.1, 0.15) is 29.7 Å². The van der Waals surface area contributed by atoms with Crippen LogP contribution in [0.4, 0.5) is 13.2 Å². The van der Waals surface area contributed by atoms with Crippen LogP contribution in [-0.2, 0) is 6.42 Å². The second-order valence-electron chi connectivity index (χ2n) is 5.09. The van der Waals surface area contributed by atoms with Crippen molar-refractivity contribution >= 4 is 0 Å². The van der Waals surface area contributed by atoms with Crippen LogP contribution < -0.4 is 5.32 Å². The molecule has 0 spiro atoms. The minimum atomic E-state index is -0.587. The van der Waals surface area contributed by atoms with Crippen LogP contribution in [0.5, 0.6) is 0 Å². The molecule has 0 aliphatic heterocycles. The van der Waals surface area contributed by atoms with Crippen LogP contribution in [0.25, 0.3) is 0 Å². The fraction of sp³-hybridized carbons (Fsp3) is 0.294. The standard InChI is InChI=1S/C17H18F3N/c1-3-21-17(16-5-4-13(18)6-11(16)2)9-12-7-14(19)10-15(20)8-12/h4-8,10,17,21H,3,9H2,1-2H3. The topological polar surface area (TPSA) is 12.0 Å². The Bertz CT molecular complexity index is 605. The van der Waals surface area contributed by atoms with Gasteiger partial charge in [-0.2, -0.15) is 0 Å². The molecule has 0 bridgehead atoms. The van der Waals surface area contributed by atoms with Gasteiger partial charge in [0.25, 0.3) is 0 Å². The Balaban J connectivity index is 2.30. The summed E-state index contributed by atoms with van der Waals surface area (Å²) in [5.41, 5.74) is 2.32. The van der Waals surface area contributed by atoms with E-state index in [4.69, 9.17) is 0 Å². The first-order valence-electron chi connectivity index (χ1n) is 6.94. The molecule has 2 aromatic rings. The van der Waals surface area contributed by atoms with E-state index in [1.807, 2.05) is 13.8 Å². The second kappa shape index (κ2) is 6.76. The molecule has 1 N–H and O–H groups in total. The third-order valence-electron chi connectivity index (χ3n) is 3.42. The molecule has 0 amide bonds. The van der Waals surface area contributed by atoms with Gasteiger partial charge in [0, 0.05) is 12.1 Å². The summed E-state index contributed by atoms with van der Waals surface area (Å²) < 4.78 is 39.8. The number of aryl methyl sites for hydroxylation is 1. The Labute approximate surface area is 122 Å². The van der Waals surface area contributed by atoms with Crippen molar-refractivity contribution in [2.24, 2.45) is 0 Å². The normalized spacial score (nSPS) is 12.4. The van der Waals surface area contributed by atoms with E-state index < -0.39 is 11.6 Å². The largest absolute Gasteiger partial charge is 0.310 e. The van der Waals surface area contributed by atoms with Gasteiger partial charge < -0.3 is 5.32 Å². The lowest BCUT2D eigenvalue weighted by molar-refractivity contribution is 0.535. The van der Waals surface area contributed by atoms with Crippen molar-refractivity contribution in [1.29, 1.82) is 0 Å². The Kier molecular flexibility index (Phi) is 5.02. The van der Waals surface area contributed by atoms with E-state index in [-0.39, 0.29) is 11.9 Å². The third kappa shape index (κ3) is 4.08. The van der Waals surface area contributed by atoms with Crippen molar-refractivity contribution in [2.75, 3.05) is 6.54 Å². The summed E-state index contributed by atoms with van der Waals surface area (Å²) in [7, 11) is 0. The minimum absolute atomic E-state index is 0.114. The molecule has 112 valence electrons. The quantitative estimate of drug-likeness (QED) is 0.866. The number of benzene rings is 2. The molecule has 0 aromatic heterocycles. The lowest BCUT2D eigenvalue weighted by Gasteiger charge is -2.20. The zero-order valence-corrected chi connectivity index (χ0v) is 12.1. The SMILES string of the molecule is CCNC(Cc1cc(F)cc(F)c1)c1ccc(F)cc1C. The molecular formula is C17H18F3N. The van der Waals surface area contributed by atoms with Gasteiger partial charge in [0.15, 0.2) is 0 Å². The van der Waals surface area contributed by atoms with Crippen molar-refractivity contribution in [3.63, 3.8) is 0 Å². The number of likely N-dealkylation sites (N-methyl/N-ethyl adjacent to an activating group) is 1. The predicted molar refractivity (Wildman–Crippen MR) is 77.6 cm³/mol. The van der Waals surface area contributed by atoms with Crippen LogP contribution in [-0.4, -0.2) is 6.54 Å². The average Bonchev–Trinajstić information content (AvgIpc) is 2.37. The monoisotopic (exact) mass is 293 g/mol. The van der Waals surface area contributed by atoms with E-state index >= 15 is 0 Å². The second-order valence-corrected chi connectivity index (χ2v) is 5.09. The zero-order valence-electron chi connectivity index (χ0n) is 12.1. The summed E-state index contributed by atoms with van der Waals surface area (Å²) in [5.74, 6) is -1.46. The van der Waals surface area contributed by atoms with E-state index in [1.165, 1.54) is 24.3 Å². The van der Waals surface area contributed by atoms with Crippen LogP contribution >= 0.6 is 0 Å². The molecule has 1 unspecified atom stereocenters. The molecule has 1 nitrogen and oxygen atoms in total. The highest BCUT2D eigenvalue weighted by atomic mass is 19.1. The first-order valence-corrected chi connectivity index (χ1v) is 6.94. The van der Waals surface area contributed by atoms with Crippen molar-refractivity contribution in [2.45, 2.75) is 26.3 Å². The molecule has 0 fully saturated rings. The smallest absolute Gasteiger partial charge is 0.126 e. The van der Waals surface area contributed by atoms with Gasteiger partial charge in [-0.25, -0.2) is 13.2 Å². The number of rotatable bonds is 5. The lowest BCUT2D eigenvalue weighted by atomic mass is 9.95. The van der Waals surface area contributed by atoms with Gasteiger partial charge in [-0.15, -0.1) is 0 Å². The molecule has 21 heavy (non-hydrogen) atoms. The van der Waals surface area contributed by atoms with Crippen molar-refractivity contribution in [1.82, 2.24) is 5.32 Å². The Morgan fingerprint density at radius 2 is 1.62 bits per heavy atom. The molecule has 0 aliphatic carbocycles. The summed E-state index contributed by atoms with van der Waals surface area (Å²) in [6.07, 6.45) is 0.439. The maximum Gasteiger partial charge on any atom is 0.126 e. The fourth-order valence-corrected chi connectivity index (χ4v) is 2.53. The minimum Gasteiger partial charge on any atom is -0.310 e. The molecule has 0 heterocycles. The van der Waals surface area contributed by atoms with Crippen LogP contribution in [0.15, 0.2) is 36.4 Å². The Morgan fingerprint density at radius 3 is 2.19 bits per heavy atom. The predicted octanol–water partition coefficient (Wildman–Crippen LogP) is 4.31. The summed E-state index contributed by atoms with van der Waals surface area (Å²) in [6.45, 7) is 4.49. The van der Waals surface area contributed by atoms with E-state index in [9.17, 15) is 13.2 Å². The molecule has 0 radical (unpaired) electrons. The molecular weight excluding hydrogens is 275 g/mol. The highest BCUT2D eigenvalue weighted by molar-refractivity contribution is 5.31. The zero-order chi connectivity index (χ0) is 15.4. The van der Waals surface area contributed by atoms with Gasteiger partial charge in [0.05, 0.1) is 0 Å². The van der Waals surface area contributed by atoms with Crippen LogP contribution in [0.3, 0.4) is 0 Å². The van der Waals surface area contributed by atoms with E-state index in [0.717, 1.165) is 17.2 Å². The van der Waals surface area contributed by atoms with Gasteiger partial charge in [-0.05, 0) is 60.8 Å². The van der Waals surface area contributed by atoms with Gasteiger partial charge in [0.2, 0.25) is 0 Å². The molecule has 4 heteroatoms. The fourth-order valence-electron chi connectivity index (χ4n) is 2.53. The summed E-state index contributed by atoms with van der Waals surface area (Å²) in [6, 6.07) is 7.97. The maximum atomic E-state index is 13.3. The van der Waals surface area contributed by atoms with Gasteiger partial charge in [-0.1, -0.05) is 13.0 Å². The summed E-state index contributed by atoms with van der Waals surface area (Å²) >= 11 is 0. The highest BCUT2D eigenvalue weighted by Gasteiger charge is 2.15. The first kappa shape index (κ1) is 15.6. The third-order valence-corrected chi connectivity index (χ3v) is 3.42. The molecule has 0 saturated carbocycles. The van der Waals surface area contributed by atoms with Crippen LogP contribution in [0.2, 0.25) is 0 Å². The van der Waals surface area contributed by atoms with Crippen LogP contribution in [0, 0.1) is 24.4 Å². The Hall–Kier alpha value is -1.81. The van der Waals surface area contributed by atoms with Gasteiger partial charge in [-0.3, -0.25) is 0 Å². The van der Waals surface area contributed by atoms with E-state index in [0.29, 0.717) is 18.5 Å². The highest BCUT2D eigenvalue weighted by Crippen LogP contribution is 2.23. The number of hydrogen-bond donors (Lipinski definition) is 1. The number of halogens is 3. The van der Waals surface area contributed by atoms with Crippen molar-refractivity contribution < 1.29 is 13.2 Å². The molecule has 0 aliphatic rings. The Morgan fingerprint density at radius 1 is 0.952 bits per heavy atom. The van der Waals surface area contributed by atoms with E-state index in [2.05, 4.69) is 5.32 Å². The van der Waals surface area contributed by atoms with Gasteiger partial charge >= 0.3 is 0 Å². The molecule has 1 atom stereocenters. The first-order chi connectivity index (χ1) is 9.99. The summed E-state index contributed by atoms with van der Waals surface area (Å²) in [4.78, 5) is 0. The van der Waals surface area contributed by atoms with Crippen molar-refractivity contribution in [3.8, 4) is 0 Å². The van der Waals surface area contributed by atoms with E-state index in [1.54, 1.807) is 6.07 Å². The van der Waals surface area contributed by atoms with Gasteiger partial charge in [0.1, 0.15) is 17.5 Å². The van der Waals surface area contributed by atoms with Crippen molar-refractivity contribution in [3.05, 3.63) is 70.5 Å². The molecule has 2 aromatic carbocycles. The summed E-state index contributed by atoms with van der Waals surface area (Å²) in [5, 5.41) is 3.28. The average molecular weight is 293 g/mol. The number of hydrogen-bond acceptors (Lipinski definition) is 1. The molecule has 2 rings (SSSR count). The lowest BCUT2D eigenvalue weighted by Crippen LogP contribution is -2.24. The number of nitrogens with one attached hydrogen (secondary N) is 1. The maximum absolute atomic E-state index is 13.3.